The van der Waals surface area contributed by atoms with E-state index in [2.05, 4.69) is 69.5 Å². The molecule has 4 heterocycles. The molecule has 186 valence electrons. The van der Waals surface area contributed by atoms with Gasteiger partial charge < -0.3 is 4.98 Å². The molecule has 38 heavy (non-hydrogen) atoms. The van der Waals surface area contributed by atoms with Crippen LogP contribution in [0.15, 0.2) is 97.3 Å². The Bertz CT molecular complexity index is 1670. The molecule has 1 saturated heterocycles. The molecule has 6 heteroatoms. The Balaban J connectivity index is 1.08. The number of H-pyrrole nitrogens is 1. The van der Waals surface area contributed by atoms with Gasteiger partial charge in [0.15, 0.2) is 0 Å². The highest BCUT2D eigenvalue weighted by Gasteiger charge is 2.23. The van der Waals surface area contributed by atoms with Crippen LogP contribution in [0.3, 0.4) is 0 Å². The summed E-state index contributed by atoms with van der Waals surface area (Å²) in [4.78, 5) is 25.1. The topological polar surface area (TPSA) is 70.6 Å². The van der Waals surface area contributed by atoms with Gasteiger partial charge >= 0.3 is 0 Å². The fourth-order valence-corrected chi connectivity index (χ4v) is 5.46. The number of aromatic nitrogens is 5. The van der Waals surface area contributed by atoms with E-state index in [0.29, 0.717) is 5.92 Å². The standard InChI is InChI=1S/C32H28N6/c1-2-6-23(7-3-1)30-31(35-29-20-33-17-14-28(29)34-30)24-12-10-22(11-13-24)21-38-18-15-25(16-19-38)32-36-26-8-4-5-9-27(26)37-32/h1-14,17,20,25H,15-16,18-19,21H2,(H,36,37). The van der Waals surface area contributed by atoms with Crippen molar-refractivity contribution in [2.24, 2.45) is 0 Å². The lowest BCUT2D eigenvalue weighted by atomic mass is 9.95. The number of pyridine rings is 1. The minimum atomic E-state index is 0.499. The number of likely N-dealkylation sites (tertiary alicyclic amines) is 1. The number of imidazole rings is 1. The van der Waals surface area contributed by atoms with Gasteiger partial charge in [-0.1, -0.05) is 66.7 Å². The number of nitrogens with zero attached hydrogens (tertiary/aromatic N) is 5. The molecule has 1 fully saturated rings. The van der Waals surface area contributed by atoms with E-state index in [1.54, 1.807) is 12.4 Å². The zero-order chi connectivity index (χ0) is 25.3. The first kappa shape index (κ1) is 22.8. The summed E-state index contributed by atoms with van der Waals surface area (Å²) in [6.45, 7) is 3.10. The van der Waals surface area contributed by atoms with E-state index in [1.807, 2.05) is 30.3 Å². The molecule has 6 aromatic rings. The summed E-state index contributed by atoms with van der Waals surface area (Å²) in [5, 5.41) is 0. The predicted molar refractivity (Wildman–Crippen MR) is 152 cm³/mol. The third-order valence-electron chi connectivity index (χ3n) is 7.53. The molecule has 0 spiro atoms. The van der Waals surface area contributed by atoms with Crippen LogP contribution in [0.4, 0.5) is 0 Å². The van der Waals surface area contributed by atoms with Gasteiger partial charge in [0.25, 0.3) is 0 Å². The van der Waals surface area contributed by atoms with Gasteiger partial charge in [-0.3, -0.25) is 9.88 Å². The molecule has 3 aromatic heterocycles. The molecule has 7 rings (SSSR count). The maximum atomic E-state index is 4.98. The van der Waals surface area contributed by atoms with Crippen molar-refractivity contribution in [2.45, 2.75) is 25.3 Å². The number of benzene rings is 3. The predicted octanol–water partition coefficient (Wildman–Crippen LogP) is 6.61. The molecule has 0 radical (unpaired) electrons. The largest absolute Gasteiger partial charge is 0.342 e. The third kappa shape index (κ3) is 4.44. The minimum absolute atomic E-state index is 0.499. The molecule has 0 unspecified atom stereocenters. The third-order valence-corrected chi connectivity index (χ3v) is 7.53. The Morgan fingerprint density at radius 1 is 0.684 bits per heavy atom. The molecular formula is C32H28N6. The van der Waals surface area contributed by atoms with Crippen LogP contribution in [-0.4, -0.2) is 42.9 Å². The van der Waals surface area contributed by atoms with E-state index in [9.17, 15) is 0 Å². The fraction of sp³-hybridized carbons (Fsp3) is 0.188. The minimum Gasteiger partial charge on any atom is -0.342 e. The quantitative estimate of drug-likeness (QED) is 0.291. The molecule has 0 saturated carbocycles. The number of piperidine rings is 1. The Morgan fingerprint density at radius 3 is 2.18 bits per heavy atom. The van der Waals surface area contributed by atoms with E-state index in [4.69, 9.17) is 15.0 Å². The summed E-state index contributed by atoms with van der Waals surface area (Å²) in [7, 11) is 0. The molecule has 3 aromatic carbocycles. The van der Waals surface area contributed by atoms with E-state index in [1.165, 1.54) is 5.56 Å². The van der Waals surface area contributed by atoms with Crippen molar-refractivity contribution in [3.63, 3.8) is 0 Å². The molecular weight excluding hydrogens is 468 g/mol. The Labute approximate surface area is 221 Å². The Hall–Kier alpha value is -4.42. The Kier molecular flexibility index (Phi) is 5.87. The molecule has 1 aliphatic heterocycles. The highest BCUT2D eigenvalue weighted by Crippen LogP contribution is 2.32. The van der Waals surface area contributed by atoms with Crippen LogP contribution in [0, 0.1) is 0 Å². The van der Waals surface area contributed by atoms with Crippen LogP contribution in [0.5, 0.6) is 0 Å². The summed E-state index contributed by atoms with van der Waals surface area (Å²) >= 11 is 0. The lowest BCUT2D eigenvalue weighted by Crippen LogP contribution is -2.32. The number of hydrogen-bond donors (Lipinski definition) is 1. The number of rotatable bonds is 5. The van der Waals surface area contributed by atoms with Gasteiger partial charge in [0.1, 0.15) is 11.3 Å². The van der Waals surface area contributed by atoms with Crippen molar-refractivity contribution in [2.75, 3.05) is 13.1 Å². The van der Waals surface area contributed by atoms with Gasteiger partial charge in [-0.05, 0) is 49.7 Å². The average molecular weight is 497 g/mol. The molecule has 1 aliphatic rings. The van der Waals surface area contributed by atoms with Gasteiger partial charge in [0.05, 0.1) is 34.1 Å². The molecule has 0 amide bonds. The molecule has 1 N–H and O–H groups in total. The van der Waals surface area contributed by atoms with Crippen molar-refractivity contribution >= 4 is 22.1 Å². The monoisotopic (exact) mass is 496 g/mol. The van der Waals surface area contributed by atoms with Crippen molar-refractivity contribution in [3.05, 3.63) is 109 Å². The van der Waals surface area contributed by atoms with Crippen LogP contribution in [0.1, 0.15) is 30.1 Å². The maximum Gasteiger partial charge on any atom is 0.110 e. The highest BCUT2D eigenvalue weighted by atomic mass is 15.1. The molecule has 0 bridgehead atoms. The van der Waals surface area contributed by atoms with E-state index >= 15 is 0 Å². The molecule has 6 nitrogen and oxygen atoms in total. The van der Waals surface area contributed by atoms with Crippen LogP contribution in [0.25, 0.3) is 44.6 Å². The second kappa shape index (κ2) is 9.80. The van der Waals surface area contributed by atoms with Gasteiger partial charge in [-0.15, -0.1) is 0 Å². The zero-order valence-electron chi connectivity index (χ0n) is 21.1. The summed E-state index contributed by atoms with van der Waals surface area (Å²) in [6.07, 6.45) is 5.79. The lowest BCUT2D eigenvalue weighted by Gasteiger charge is -2.31. The fourth-order valence-electron chi connectivity index (χ4n) is 5.46. The van der Waals surface area contributed by atoms with Crippen molar-refractivity contribution in [1.82, 2.24) is 29.8 Å². The maximum absolute atomic E-state index is 4.98. The van der Waals surface area contributed by atoms with Crippen LogP contribution < -0.4 is 0 Å². The summed E-state index contributed by atoms with van der Waals surface area (Å²) in [5.74, 6) is 1.63. The number of aromatic amines is 1. The second-order valence-corrected chi connectivity index (χ2v) is 10.0. The van der Waals surface area contributed by atoms with Crippen LogP contribution in [-0.2, 0) is 6.54 Å². The highest BCUT2D eigenvalue weighted by molar-refractivity contribution is 5.85. The SMILES string of the molecule is c1ccc(-c2nc3ccncc3nc2-c2ccc(CN3CCC(c4nc5ccccc5[nH]4)CC3)cc2)cc1. The summed E-state index contributed by atoms with van der Waals surface area (Å²) < 4.78 is 0. The van der Waals surface area contributed by atoms with E-state index in [-0.39, 0.29) is 0 Å². The van der Waals surface area contributed by atoms with E-state index < -0.39 is 0 Å². The first-order valence-electron chi connectivity index (χ1n) is 13.2. The number of hydrogen-bond acceptors (Lipinski definition) is 5. The molecule has 0 atom stereocenters. The zero-order valence-corrected chi connectivity index (χ0v) is 21.1. The van der Waals surface area contributed by atoms with Gasteiger partial charge in [-0.2, -0.15) is 0 Å². The normalized spacial score (nSPS) is 14.8. The lowest BCUT2D eigenvalue weighted by molar-refractivity contribution is 0.202. The van der Waals surface area contributed by atoms with Gasteiger partial charge in [-0.25, -0.2) is 15.0 Å². The van der Waals surface area contributed by atoms with Crippen LogP contribution >= 0.6 is 0 Å². The number of para-hydroxylation sites is 2. The van der Waals surface area contributed by atoms with Gasteiger partial charge in [0.2, 0.25) is 0 Å². The van der Waals surface area contributed by atoms with Gasteiger partial charge in [0, 0.05) is 29.8 Å². The van der Waals surface area contributed by atoms with E-state index in [0.717, 1.165) is 82.9 Å². The average Bonchev–Trinajstić information content (AvgIpc) is 3.42. The van der Waals surface area contributed by atoms with Crippen LogP contribution in [0.2, 0.25) is 0 Å². The van der Waals surface area contributed by atoms with Crippen molar-refractivity contribution in [3.8, 4) is 22.5 Å². The second-order valence-electron chi connectivity index (χ2n) is 10.0. The van der Waals surface area contributed by atoms with Crippen molar-refractivity contribution < 1.29 is 0 Å². The number of nitrogens with one attached hydrogen (secondary N) is 1. The number of fused-ring (bicyclic) bond motifs is 2. The summed E-state index contributed by atoms with van der Waals surface area (Å²) in [6, 6.07) is 29.3. The first-order chi connectivity index (χ1) is 18.8. The Morgan fingerprint density at radius 2 is 1.39 bits per heavy atom. The van der Waals surface area contributed by atoms with Crippen molar-refractivity contribution in [1.29, 1.82) is 0 Å². The molecule has 0 aliphatic carbocycles. The first-order valence-corrected chi connectivity index (χ1v) is 13.2. The smallest absolute Gasteiger partial charge is 0.110 e. The summed E-state index contributed by atoms with van der Waals surface area (Å²) in [5.41, 5.74) is 9.07.